The predicted octanol–water partition coefficient (Wildman–Crippen LogP) is 1.81. The number of anilines is 1. The van der Waals surface area contributed by atoms with Crippen molar-refractivity contribution >= 4 is 17.5 Å². The number of pyridine rings is 1. The third-order valence-electron chi connectivity index (χ3n) is 4.22. The molecule has 1 atom stereocenters. The Labute approximate surface area is 118 Å². The number of hydrogen-bond donors (Lipinski definition) is 1. The molecule has 0 spiro atoms. The molecule has 1 aromatic heterocycles. The third-order valence-corrected chi connectivity index (χ3v) is 4.22. The van der Waals surface area contributed by atoms with Crippen LogP contribution >= 0.6 is 0 Å². The van der Waals surface area contributed by atoms with Gasteiger partial charge in [-0.1, -0.05) is 12.8 Å². The van der Waals surface area contributed by atoms with Crippen LogP contribution in [0, 0.1) is 5.92 Å². The molecule has 1 saturated heterocycles. The Bertz CT molecular complexity index is 497. The number of hydrogen-bond acceptors (Lipinski definition) is 3. The van der Waals surface area contributed by atoms with Gasteiger partial charge in [0.15, 0.2) is 0 Å². The lowest BCUT2D eigenvalue weighted by Gasteiger charge is -2.23. The third kappa shape index (κ3) is 2.66. The van der Waals surface area contributed by atoms with Gasteiger partial charge in [-0.15, -0.1) is 0 Å². The van der Waals surface area contributed by atoms with Crippen molar-refractivity contribution in [3.63, 3.8) is 0 Å². The van der Waals surface area contributed by atoms with Crippen molar-refractivity contribution in [2.75, 3.05) is 11.9 Å². The van der Waals surface area contributed by atoms with E-state index in [1.54, 1.807) is 24.5 Å². The molecular formula is C15H19N3O2. The van der Waals surface area contributed by atoms with Crippen molar-refractivity contribution in [1.29, 1.82) is 0 Å². The Kier molecular flexibility index (Phi) is 3.67. The quantitative estimate of drug-likeness (QED) is 0.913. The first-order valence-electron chi connectivity index (χ1n) is 7.24. The van der Waals surface area contributed by atoms with Crippen molar-refractivity contribution in [3.8, 4) is 0 Å². The average molecular weight is 273 g/mol. The second-order valence-corrected chi connectivity index (χ2v) is 5.62. The van der Waals surface area contributed by atoms with Gasteiger partial charge in [-0.3, -0.25) is 14.6 Å². The molecule has 2 aliphatic rings. The topological polar surface area (TPSA) is 62.3 Å². The van der Waals surface area contributed by atoms with Gasteiger partial charge in [0.2, 0.25) is 11.8 Å². The van der Waals surface area contributed by atoms with Crippen molar-refractivity contribution < 1.29 is 9.59 Å². The highest BCUT2D eigenvalue weighted by atomic mass is 16.2. The van der Waals surface area contributed by atoms with Crippen LogP contribution in [0.1, 0.15) is 32.1 Å². The number of nitrogens with zero attached hydrogens (tertiary/aromatic N) is 2. The summed E-state index contributed by atoms with van der Waals surface area (Å²) in [6.45, 7) is 0.565. The molecule has 1 aliphatic heterocycles. The molecule has 20 heavy (non-hydrogen) atoms. The number of likely N-dealkylation sites (tertiary alicyclic amines) is 1. The second kappa shape index (κ2) is 5.61. The lowest BCUT2D eigenvalue weighted by atomic mass is 10.1. The van der Waals surface area contributed by atoms with Gasteiger partial charge in [0, 0.05) is 25.2 Å². The zero-order valence-corrected chi connectivity index (χ0v) is 11.4. The number of rotatable bonds is 3. The number of nitrogens with one attached hydrogen (secondary N) is 1. The molecule has 1 aromatic rings. The van der Waals surface area contributed by atoms with Gasteiger partial charge in [0.05, 0.1) is 17.8 Å². The second-order valence-electron chi connectivity index (χ2n) is 5.62. The highest BCUT2D eigenvalue weighted by molar-refractivity contribution is 5.97. The van der Waals surface area contributed by atoms with Gasteiger partial charge in [-0.2, -0.15) is 0 Å². The molecule has 3 rings (SSSR count). The molecule has 1 N–H and O–H groups in total. The maximum atomic E-state index is 12.2. The number of carbonyl (C=O) groups excluding carboxylic acids is 2. The molecular weight excluding hydrogens is 254 g/mol. The van der Waals surface area contributed by atoms with E-state index in [-0.39, 0.29) is 17.7 Å². The number of amides is 2. The van der Waals surface area contributed by atoms with Crippen LogP contribution in [0.4, 0.5) is 5.69 Å². The highest BCUT2D eigenvalue weighted by Gasteiger charge is 2.38. The number of carbonyl (C=O) groups is 2. The first kappa shape index (κ1) is 13.1. The van der Waals surface area contributed by atoms with Crippen molar-refractivity contribution in [1.82, 2.24) is 9.88 Å². The molecule has 5 nitrogen and oxygen atoms in total. The standard InChI is InChI=1S/C15H19N3O2/c19-14-8-11(10-18(14)13-5-1-2-6-13)15(20)17-12-4-3-7-16-9-12/h3-4,7,9,11,13H,1-2,5-6,8,10H2,(H,17,20)/t11-/m1/s1. The van der Waals surface area contributed by atoms with E-state index in [0.29, 0.717) is 24.7 Å². The Hall–Kier alpha value is -1.91. The smallest absolute Gasteiger partial charge is 0.229 e. The summed E-state index contributed by atoms with van der Waals surface area (Å²) in [6, 6.07) is 3.94. The van der Waals surface area contributed by atoms with Crippen LogP contribution in [0.5, 0.6) is 0 Å². The van der Waals surface area contributed by atoms with E-state index in [9.17, 15) is 9.59 Å². The van der Waals surface area contributed by atoms with Crippen LogP contribution in [-0.4, -0.2) is 34.3 Å². The SMILES string of the molecule is O=C(Nc1cccnc1)[C@@H]1CC(=O)N(C2CCCC2)C1. The molecule has 2 amide bonds. The van der Waals surface area contributed by atoms with Gasteiger partial charge >= 0.3 is 0 Å². The van der Waals surface area contributed by atoms with Gasteiger partial charge in [-0.25, -0.2) is 0 Å². The summed E-state index contributed by atoms with van der Waals surface area (Å²) >= 11 is 0. The van der Waals surface area contributed by atoms with Crippen LogP contribution in [0.25, 0.3) is 0 Å². The fourth-order valence-corrected chi connectivity index (χ4v) is 3.16. The van der Waals surface area contributed by atoms with E-state index in [1.165, 1.54) is 12.8 Å². The molecule has 0 aromatic carbocycles. The van der Waals surface area contributed by atoms with Crippen LogP contribution in [0.3, 0.4) is 0 Å². The lowest BCUT2D eigenvalue weighted by Crippen LogP contribution is -2.35. The molecule has 0 bridgehead atoms. The first-order valence-corrected chi connectivity index (χ1v) is 7.24. The summed E-state index contributed by atoms with van der Waals surface area (Å²) in [5.74, 6) is -0.182. The van der Waals surface area contributed by atoms with Crippen LogP contribution in [0.2, 0.25) is 0 Å². The summed E-state index contributed by atoms with van der Waals surface area (Å²) < 4.78 is 0. The van der Waals surface area contributed by atoms with Gasteiger partial charge in [0.1, 0.15) is 0 Å². The fourth-order valence-electron chi connectivity index (χ4n) is 3.16. The molecule has 1 aliphatic carbocycles. The normalized spacial score (nSPS) is 23.3. The zero-order chi connectivity index (χ0) is 13.9. The number of aromatic nitrogens is 1. The maximum absolute atomic E-state index is 12.2. The van der Waals surface area contributed by atoms with Crippen LogP contribution in [0.15, 0.2) is 24.5 Å². The minimum atomic E-state index is -0.233. The summed E-state index contributed by atoms with van der Waals surface area (Å²) in [7, 11) is 0. The van der Waals surface area contributed by atoms with Gasteiger partial charge in [-0.05, 0) is 25.0 Å². The van der Waals surface area contributed by atoms with E-state index in [1.807, 2.05) is 4.90 Å². The molecule has 0 radical (unpaired) electrons. The van der Waals surface area contributed by atoms with E-state index in [2.05, 4.69) is 10.3 Å². The summed E-state index contributed by atoms with van der Waals surface area (Å²) in [5.41, 5.74) is 0.685. The Balaban J connectivity index is 1.61. The fraction of sp³-hybridized carbons (Fsp3) is 0.533. The molecule has 1 saturated carbocycles. The molecule has 5 heteroatoms. The minimum absolute atomic E-state index is 0.0770. The van der Waals surface area contributed by atoms with Gasteiger partial charge in [0.25, 0.3) is 0 Å². The van der Waals surface area contributed by atoms with Gasteiger partial charge < -0.3 is 10.2 Å². The average Bonchev–Trinajstić information content (AvgIpc) is 3.08. The van der Waals surface area contributed by atoms with Crippen molar-refractivity contribution in [3.05, 3.63) is 24.5 Å². The Morgan fingerprint density at radius 2 is 2.15 bits per heavy atom. The van der Waals surface area contributed by atoms with Crippen LogP contribution in [-0.2, 0) is 9.59 Å². The van der Waals surface area contributed by atoms with E-state index in [4.69, 9.17) is 0 Å². The molecule has 0 unspecified atom stereocenters. The molecule has 106 valence electrons. The lowest BCUT2D eigenvalue weighted by molar-refractivity contribution is -0.129. The largest absolute Gasteiger partial charge is 0.339 e. The van der Waals surface area contributed by atoms with E-state index >= 15 is 0 Å². The Morgan fingerprint density at radius 3 is 2.85 bits per heavy atom. The van der Waals surface area contributed by atoms with Crippen LogP contribution < -0.4 is 5.32 Å². The molecule has 2 heterocycles. The van der Waals surface area contributed by atoms with E-state index < -0.39 is 0 Å². The zero-order valence-electron chi connectivity index (χ0n) is 11.4. The van der Waals surface area contributed by atoms with Crippen molar-refractivity contribution in [2.45, 2.75) is 38.1 Å². The Morgan fingerprint density at radius 1 is 1.35 bits per heavy atom. The maximum Gasteiger partial charge on any atom is 0.229 e. The summed E-state index contributed by atoms with van der Waals surface area (Å²) in [4.78, 5) is 30.1. The summed E-state index contributed by atoms with van der Waals surface area (Å²) in [5, 5.41) is 2.84. The molecule has 2 fully saturated rings. The van der Waals surface area contributed by atoms with E-state index in [0.717, 1.165) is 12.8 Å². The predicted molar refractivity (Wildman–Crippen MR) is 74.9 cm³/mol. The highest BCUT2D eigenvalue weighted by Crippen LogP contribution is 2.29. The summed E-state index contributed by atoms with van der Waals surface area (Å²) in [6.07, 6.45) is 8.18. The minimum Gasteiger partial charge on any atom is -0.339 e. The first-order chi connectivity index (χ1) is 9.74. The van der Waals surface area contributed by atoms with Crippen molar-refractivity contribution in [2.24, 2.45) is 5.92 Å². The monoisotopic (exact) mass is 273 g/mol.